The molecule has 2 rings (SSSR count). The molecule has 0 N–H and O–H groups in total. The van der Waals surface area contributed by atoms with Crippen LogP contribution in [0.1, 0.15) is 26.3 Å². The molecule has 0 saturated heterocycles. The number of hydrogen-bond acceptors (Lipinski definition) is 1. The second-order valence-corrected chi connectivity index (χ2v) is 4.41. The van der Waals surface area contributed by atoms with Gasteiger partial charge in [-0.25, -0.2) is 0 Å². The highest BCUT2D eigenvalue weighted by Gasteiger charge is 2.00. The maximum absolute atomic E-state index is 5.82. The molecule has 0 saturated carbocycles. The average molecular weight is 275 g/mol. The van der Waals surface area contributed by atoms with Gasteiger partial charge >= 0.3 is 0 Å². The van der Waals surface area contributed by atoms with Crippen LogP contribution in [0.4, 0.5) is 0 Å². The molecule has 0 aliphatic carbocycles. The molecule has 2 aromatic carbocycles. The molecule has 1 nitrogen and oxygen atoms in total. The summed E-state index contributed by atoms with van der Waals surface area (Å²) in [7, 11) is 5.82. The smallest absolute Gasteiger partial charge is 0.113 e. The number of benzene rings is 2. The molecule has 0 aliphatic rings. The first kappa shape index (κ1) is 17.0. The van der Waals surface area contributed by atoms with Crippen molar-refractivity contribution < 1.29 is 0 Å². The molecular formula is C19H22BN. The summed E-state index contributed by atoms with van der Waals surface area (Å²) in [6.07, 6.45) is 2.57. The standard InChI is InChI=1S/C17H16BN.C2H6/c1-3-19-17(16-10-5-4-7-13(16)2)12-14-8-6-9-15(18)11-14;1-2/h3-11H,2,12H2,1H3;1-2H3/b17-16-,19-3?;. The van der Waals surface area contributed by atoms with E-state index in [1.807, 2.05) is 63.4 Å². The van der Waals surface area contributed by atoms with Crippen molar-refractivity contribution in [3.05, 3.63) is 64.5 Å². The molecule has 0 unspecified atom stereocenters. The SMILES string of the molecule is CC.[B]c1cccc(C/C(N=CC)=c2\ccccc2=C)c1. The van der Waals surface area contributed by atoms with Gasteiger partial charge in [-0.1, -0.05) is 74.4 Å². The molecule has 2 radical (unpaired) electrons. The molecule has 0 atom stereocenters. The fourth-order valence-electron chi connectivity index (χ4n) is 2.06. The summed E-state index contributed by atoms with van der Waals surface area (Å²) in [6.45, 7) is 9.99. The predicted octanol–water partition coefficient (Wildman–Crippen LogP) is 2.36. The lowest BCUT2D eigenvalue weighted by atomic mass is 9.93. The lowest BCUT2D eigenvalue weighted by Crippen LogP contribution is -2.25. The highest BCUT2D eigenvalue weighted by molar-refractivity contribution is 6.32. The minimum absolute atomic E-state index is 0.752. The zero-order valence-electron chi connectivity index (χ0n) is 13.1. The fraction of sp³-hybridized carbons (Fsp3) is 0.211. The lowest BCUT2D eigenvalue weighted by molar-refractivity contribution is 1.22. The van der Waals surface area contributed by atoms with E-state index in [1.54, 1.807) is 0 Å². The summed E-state index contributed by atoms with van der Waals surface area (Å²) in [6, 6.07) is 15.9. The third-order valence-electron chi connectivity index (χ3n) is 2.94. The van der Waals surface area contributed by atoms with Gasteiger partial charge in [-0.2, -0.15) is 0 Å². The van der Waals surface area contributed by atoms with Crippen LogP contribution in [0.3, 0.4) is 0 Å². The Hall–Kier alpha value is -2.09. The normalized spacial score (nSPS) is 11.8. The Morgan fingerprint density at radius 3 is 2.48 bits per heavy atom. The summed E-state index contributed by atoms with van der Waals surface area (Å²) in [5.74, 6) is 0. The van der Waals surface area contributed by atoms with Crippen LogP contribution in [-0.2, 0) is 6.42 Å². The van der Waals surface area contributed by atoms with E-state index >= 15 is 0 Å². The molecule has 0 aromatic heterocycles. The van der Waals surface area contributed by atoms with Gasteiger partial charge < -0.3 is 0 Å². The number of aliphatic imine (C=N–C) groups is 1. The van der Waals surface area contributed by atoms with Crippen LogP contribution in [0.2, 0.25) is 0 Å². The molecule has 0 fully saturated rings. The van der Waals surface area contributed by atoms with Crippen LogP contribution >= 0.6 is 0 Å². The quantitative estimate of drug-likeness (QED) is 0.602. The van der Waals surface area contributed by atoms with Crippen molar-refractivity contribution in [2.45, 2.75) is 27.2 Å². The van der Waals surface area contributed by atoms with Crippen molar-refractivity contribution in [2.24, 2.45) is 4.99 Å². The van der Waals surface area contributed by atoms with Gasteiger partial charge in [-0.05, 0) is 17.7 Å². The maximum atomic E-state index is 5.82. The Bertz CT molecular complexity index is 702. The van der Waals surface area contributed by atoms with Crippen LogP contribution in [0.15, 0.2) is 53.5 Å². The van der Waals surface area contributed by atoms with Crippen LogP contribution in [-0.4, -0.2) is 14.1 Å². The van der Waals surface area contributed by atoms with E-state index in [-0.39, 0.29) is 0 Å². The molecule has 0 heterocycles. The Morgan fingerprint density at radius 2 is 1.86 bits per heavy atom. The van der Waals surface area contributed by atoms with Crippen LogP contribution < -0.4 is 15.9 Å². The third kappa shape index (κ3) is 5.07. The summed E-state index contributed by atoms with van der Waals surface area (Å²) < 4.78 is 0. The van der Waals surface area contributed by atoms with Crippen LogP contribution in [0.5, 0.6) is 0 Å². The molecule has 21 heavy (non-hydrogen) atoms. The molecule has 0 amide bonds. The van der Waals surface area contributed by atoms with E-state index in [0.717, 1.165) is 33.6 Å². The van der Waals surface area contributed by atoms with E-state index in [1.165, 1.54) is 0 Å². The van der Waals surface area contributed by atoms with Crippen molar-refractivity contribution in [1.29, 1.82) is 0 Å². The lowest BCUT2D eigenvalue weighted by Gasteiger charge is -2.04. The first-order chi connectivity index (χ1) is 10.2. The zero-order chi connectivity index (χ0) is 15.7. The first-order valence-electron chi connectivity index (χ1n) is 7.31. The number of rotatable bonds is 3. The van der Waals surface area contributed by atoms with Gasteiger partial charge in [0.25, 0.3) is 0 Å². The first-order valence-corrected chi connectivity index (χ1v) is 7.31. The molecule has 0 bridgehead atoms. The Labute approximate surface area is 129 Å². The topological polar surface area (TPSA) is 12.4 Å². The molecule has 106 valence electrons. The molecule has 0 aliphatic heterocycles. The summed E-state index contributed by atoms with van der Waals surface area (Å²) in [4.78, 5) is 4.49. The Kier molecular flexibility index (Phi) is 7.24. The van der Waals surface area contributed by atoms with Gasteiger partial charge in [-0.15, -0.1) is 0 Å². The zero-order valence-corrected chi connectivity index (χ0v) is 13.1. The molecule has 2 aromatic rings. The summed E-state index contributed by atoms with van der Waals surface area (Å²) in [5, 5.41) is 2.08. The van der Waals surface area contributed by atoms with Gasteiger partial charge in [0.05, 0.1) is 5.70 Å². The van der Waals surface area contributed by atoms with Crippen molar-refractivity contribution in [3.63, 3.8) is 0 Å². The maximum Gasteiger partial charge on any atom is 0.113 e. The van der Waals surface area contributed by atoms with Crippen molar-refractivity contribution >= 4 is 31.8 Å². The van der Waals surface area contributed by atoms with Gasteiger partial charge in [0.2, 0.25) is 0 Å². The Morgan fingerprint density at radius 1 is 1.14 bits per heavy atom. The molecular weight excluding hydrogens is 253 g/mol. The minimum atomic E-state index is 0.752. The van der Waals surface area contributed by atoms with Crippen LogP contribution in [0, 0.1) is 0 Å². The molecule has 2 heteroatoms. The minimum Gasteiger partial charge on any atom is -0.265 e. The molecule has 0 spiro atoms. The monoisotopic (exact) mass is 275 g/mol. The number of nitrogens with zero attached hydrogens (tertiary/aromatic N) is 1. The van der Waals surface area contributed by atoms with Crippen LogP contribution in [0.25, 0.3) is 12.3 Å². The van der Waals surface area contributed by atoms with E-state index in [0.29, 0.717) is 0 Å². The van der Waals surface area contributed by atoms with Gasteiger partial charge in [0.1, 0.15) is 7.85 Å². The number of hydrogen-bond donors (Lipinski definition) is 0. The highest BCUT2D eigenvalue weighted by atomic mass is 14.7. The fourth-order valence-corrected chi connectivity index (χ4v) is 2.06. The Balaban J connectivity index is 0.00000106. The van der Waals surface area contributed by atoms with Gasteiger partial charge in [0.15, 0.2) is 0 Å². The summed E-state index contributed by atoms with van der Waals surface area (Å²) >= 11 is 0. The van der Waals surface area contributed by atoms with E-state index in [2.05, 4.69) is 23.7 Å². The van der Waals surface area contributed by atoms with Gasteiger partial charge in [-0.3, -0.25) is 4.99 Å². The van der Waals surface area contributed by atoms with Gasteiger partial charge in [0, 0.05) is 17.9 Å². The van der Waals surface area contributed by atoms with Crippen molar-refractivity contribution in [1.82, 2.24) is 0 Å². The highest BCUT2D eigenvalue weighted by Crippen LogP contribution is 2.07. The average Bonchev–Trinajstić information content (AvgIpc) is 2.49. The largest absolute Gasteiger partial charge is 0.265 e. The van der Waals surface area contributed by atoms with E-state index in [9.17, 15) is 0 Å². The summed E-state index contributed by atoms with van der Waals surface area (Å²) in [5.41, 5.74) is 2.95. The second kappa shape index (κ2) is 8.96. The van der Waals surface area contributed by atoms with E-state index < -0.39 is 0 Å². The van der Waals surface area contributed by atoms with E-state index in [4.69, 9.17) is 7.85 Å². The van der Waals surface area contributed by atoms with Crippen molar-refractivity contribution in [3.8, 4) is 0 Å². The second-order valence-electron chi connectivity index (χ2n) is 4.41. The van der Waals surface area contributed by atoms with Crippen molar-refractivity contribution in [2.75, 3.05) is 0 Å². The third-order valence-corrected chi connectivity index (χ3v) is 2.94. The predicted molar refractivity (Wildman–Crippen MR) is 95.7 cm³/mol.